The fourth-order valence-corrected chi connectivity index (χ4v) is 3.91. The number of rotatable bonds is 6. The van der Waals surface area contributed by atoms with Gasteiger partial charge in [-0.05, 0) is 37.0 Å². The van der Waals surface area contributed by atoms with Crippen LogP contribution in [0.4, 0.5) is 0 Å². The summed E-state index contributed by atoms with van der Waals surface area (Å²) >= 11 is 1.72. The molecule has 1 heterocycles. The van der Waals surface area contributed by atoms with Gasteiger partial charge in [-0.1, -0.05) is 26.2 Å². The summed E-state index contributed by atoms with van der Waals surface area (Å²) < 4.78 is 0. The SMILES string of the molecule is CCCCC1CCC(CO)(Cc2nccs2)CC1. The second-order valence-electron chi connectivity index (χ2n) is 5.85. The van der Waals surface area contributed by atoms with E-state index in [1.54, 1.807) is 11.3 Å². The van der Waals surface area contributed by atoms with Gasteiger partial charge in [0.15, 0.2) is 0 Å². The maximum absolute atomic E-state index is 9.78. The van der Waals surface area contributed by atoms with E-state index in [2.05, 4.69) is 11.9 Å². The molecule has 0 radical (unpaired) electrons. The highest BCUT2D eigenvalue weighted by molar-refractivity contribution is 7.09. The second-order valence-corrected chi connectivity index (χ2v) is 6.83. The van der Waals surface area contributed by atoms with Gasteiger partial charge in [0, 0.05) is 24.6 Å². The molecule has 1 fully saturated rings. The fraction of sp³-hybridized carbons (Fsp3) is 0.800. The predicted molar refractivity (Wildman–Crippen MR) is 76.8 cm³/mol. The van der Waals surface area contributed by atoms with Gasteiger partial charge in [0.05, 0.1) is 5.01 Å². The Morgan fingerprint density at radius 1 is 1.44 bits per heavy atom. The van der Waals surface area contributed by atoms with Gasteiger partial charge in [0.1, 0.15) is 0 Å². The van der Waals surface area contributed by atoms with Gasteiger partial charge in [-0.15, -0.1) is 11.3 Å². The molecule has 1 aliphatic carbocycles. The van der Waals surface area contributed by atoms with Crippen molar-refractivity contribution in [2.45, 2.75) is 58.3 Å². The van der Waals surface area contributed by atoms with Crippen LogP contribution >= 0.6 is 11.3 Å². The summed E-state index contributed by atoms with van der Waals surface area (Å²) in [5, 5.41) is 13.0. The highest BCUT2D eigenvalue weighted by Gasteiger charge is 2.35. The van der Waals surface area contributed by atoms with Crippen molar-refractivity contribution in [2.24, 2.45) is 11.3 Å². The fourth-order valence-electron chi connectivity index (χ4n) is 3.12. The minimum Gasteiger partial charge on any atom is -0.396 e. The van der Waals surface area contributed by atoms with Crippen LogP contribution in [0.15, 0.2) is 11.6 Å². The number of unbranched alkanes of at least 4 members (excludes halogenated alkanes) is 1. The molecule has 1 aromatic heterocycles. The number of aliphatic hydroxyl groups excluding tert-OH is 1. The maximum Gasteiger partial charge on any atom is 0.0931 e. The summed E-state index contributed by atoms with van der Waals surface area (Å²) in [4.78, 5) is 4.38. The summed E-state index contributed by atoms with van der Waals surface area (Å²) in [6.45, 7) is 2.59. The Morgan fingerprint density at radius 2 is 2.22 bits per heavy atom. The first kappa shape index (κ1) is 14.0. The lowest BCUT2D eigenvalue weighted by atomic mass is 9.68. The van der Waals surface area contributed by atoms with Crippen molar-refractivity contribution in [1.29, 1.82) is 0 Å². The standard InChI is InChI=1S/C15H25NOS/c1-2-3-4-13-5-7-15(12-17,8-6-13)11-14-16-9-10-18-14/h9-10,13,17H,2-8,11-12H2,1H3. The monoisotopic (exact) mass is 267 g/mol. The molecule has 0 amide bonds. The molecule has 0 aromatic carbocycles. The molecule has 0 saturated heterocycles. The van der Waals surface area contributed by atoms with Crippen LogP contribution in [-0.4, -0.2) is 16.7 Å². The van der Waals surface area contributed by atoms with E-state index in [1.165, 1.54) is 50.0 Å². The van der Waals surface area contributed by atoms with Crippen molar-refractivity contribution >= 4 is 11.3 Å². The van der Waals surface area contributed by atoms with Crippen LogP contribution in [0.25, 0.3) is 0 Å². The Balaban J connectivity index is 1.87. The van der Waals surface area contributed by atoms with Gasteiger partial charge in [-0.3, -0.25) is 0 Å². The van der Waals surface area contributed by atoms with Gasteiger partial charge in [0.2, 0.25) is 0 Å². The van der Waals surface area contributed by atoms with Crippen molar-refractivity contribution in [3.8, 4) is 0 Å². The van der Waals surface area contributed by atoms with Crippen molar-refractivity contribution in [1.82, 2.24) is 4.98 Å². The second kappa shape index (κ2) is 6.67. The average molecular weight is 267 g/mol. The van der Waals surface area contributed by atoms with E-state index in [1.807, 2.05) is 11.6 Å². The van der Waals surface area contributed by atoms with Crippen molar-refractivity contribution in [2.75, 3.05) is 6.61 Å². The Kier molecular flexibility index (Phi) is 5.19. The van der Waals surface area contributed by atoms with Gasteiger partial charge >= 0.3 is 0 Å². The molecule has 2 nitrogen and oxygen atoms in total. The molecule has 2 rings (SSSR count). The summed E-state index contributed by atoms with van der Waals surface area (Å²) in [5.74, 6) is 0.904. The molecule has 1 aromatic rings. The lowest BCUT2D eigenvalue weighted by molar-refractivity contribution is 0.0620. The predicted octanol–water partition coefficient (Wildman–Crippen LogP) is 4.04. The molecule has 0 atom stereocenters. The van der Waals surface area contributed by atoms with Gasteiger partial charge in [-0.25, -0.2) is 4.98 Å². The van der Waals surface area contributed by atoms with E-state index in [9.17, 15) is 5.11 Å². The number of hydrogen-bond donors (Lipinski definition) is 1. The minimum absolute atomic E-state index is 0.126. The van der Waals surface area contributed by atoms with Crippen LogP contribution < -0.4 is 0 Å². The average Bonchev–Trinajstić information content (AvgIpc) is 2.91. The molecule has 102 valence electrons. The zero-order valence-electron chi connectivity index (χ0n) is 11.4. The molecule has 0 aliphatic heterocycles. The number of nitrogens with zero attached hydrogens (tertiary/aromatic N) is 1. The van der Waals surface area contributed by atoms with Crippen LogP contribution in [0.1, 0.15) is 56.9 Å². The molecule has 0 bridgehead atoms. The third-order valence-electron chi connectivity index (χ3n) is 4.48. The van der Waals surface area contributed by atoms with E-state index < -0.39 is 0 Å². The lowest BCUT2D eigenvalue weighted by Gasteiger charge is -2.38. The third kappa shape index (κ3) is 3.55. The molecule has 1 aliphatic rings. The number of aliphatic hydroxyl groups is 1. The van der Waals surface area contributed by atoms with Crippen molar-refractivity contribution in [3.05, 3.63) is 16.6 Å². The van der Waals surface area contributed by atoms with Gasteiger partial charge in [0.25, 0.3) is 0 Å². The summed E-state index contributed by atoms with van der Waals surface area (Å²) in [5.41, 5.74) is 0.126. The number of thiazole rings is 1. The van der Waals surface area contributed by atoms with E-state index in [4.69, 9.17) is 0 Å². The first-order chi connectivity index (χ1) is 8.78. The maximum atomic E-state index is 9.78. The summed E-state index contributed by atoms with van der Waals surface area (Å²) in [6, 6.07) is 0. The first-order valence-corrected chi connectivity index (χ1v) is 8.15. The third-order valence-corrected chi connectivity index (χ3v) is 5.26. The van der Waals surface area contributed by atoms with E-state index in [0.29, 0.717) is 6.61 Å². The van der Waals surface area contributed by atoms with Crippen LogP contribution in [0.5, 0.6) is 0 Å². The highest BCUT2D eigenvalue weighted by Crippen LogP contribution is 2.42. The molecular weight excluding hydrogens is 242 g/mol. The lowest BCUT2D eigenvalue weighted by Crippen LogP contribution is -2.33. The van der Waals surface area contributed by atoms with E-state index in [0.717, 1.165) is 12.3 Å². The Bertz CT molecular complexity index is 328. The Hall–Kier alpha value is -0.410. The number of aromatic nitrogens is 1. The molecule has 18 heavy (non-hydrogen) atoms. The zero-order chi connectivity index (χ0) is 12.8. The Labute approximate surface area is 114 Å². The van der Waals surface area contributed by atoms with Crippen LogP contribution in [0.3, 0.4) is 0 Å². The largest absolute Gasteiger partial charge is 0.396 e. The smallest absolute Gasteiger partial charge is 0.0931 e. The molecular formula is C15H25NOS. The summed E-state index contributed by atoms with van der Waals surface area (Å²) in [7, 11) is 0. The minimum atomic E-state index is 0.126. The van der Waals surface area contributed by atoms with Gasteiger partial charge in [-0.2, -0.15) is 0 Å². The topological polar surface area (TPSA) is 33.1 Å². The van der Waals surface area contributed by atoms with E-state index in [-0.39, 0.29) is 5.41 Å². The van der Waals surface area contributed by atoms with Crippen molar-refractivity contribution in [3.63, 3.8) is 0 Å². The molecule has 0 unspecified atom stereocenters. The molecule has 1 saturated carbocycles. The molecule has 0 spiro atoms. The summed E-state index contributed by atoms with van der Waals surface area (Å²) in [6.07, 6.45) is 11.9. The molecule has 1 N–H and O–H groups in total. The zero-order valence-corrected chi connectivity index (χ0v) is 12.2. The highest BCUT2D eigenvalue weighted by atomic mass is 32.1. The van der Waals surface area contributed by atoms with E-state index >= 15 is 0 Å². The van der Waals surface area contributed by atoms with Crippen LogP contribution in [0, 0.1) is 11.3 Å². The Morgan fingerprint density at radius 3 is 2.78 bits per heavy atom. The van der Waals surface area contributed by atoms with Gasteiger partial charge < -0.3 is 5.11 Å². The normalized spacial score (nSPS) is 28.4. The van der Waals surface area contributed by atoms with Crippen LogP contribution in [-0.2, 0) is 6.42 Å². The first-order valence-electron chi connectivity index (χ1n) is 7.27. The molecule has 3 heteroatoms. The van der Waals surface area contributed by atoms with Crippen molar-refractivity contribution < 1.29 is 5.11 Å². The van der Waals surface area contributed by atoms with Crippen LogP contribution in [0.2, 0.25) is 0 Å². The number of hydrogen-bond acceptors (Lipinski definition) is 3. The quantitative estimate of drug-likeness (QED) is 0.843.